The van der Waals surface area contributed by atoms with Crippen molar-refractivity contribution in [2.45, 2.75) is 25.9 Å². The number of anilines is 1. The molecule has 20 heavy (non-hydrogen) atoms. The molecule has 0 aromatic heterocycles. The van der Waals surface area contributed by atoms with Crippen LogP contribution in [0.2, 0.25) is 0 Å². The molecule has 0 saturated carbocycles. The zero-order valence-corrected chi connectivity index (χ0v) is 11.8. The molecule has 1 fully saturated rings. The molecule has 110 valence electrons. The number of carbonyl (C=O) groups excluding carboxylic acids is 1. The number of nitrogens with two attached hydrogens (primary N) is 1. The summed E-state index contributed by atoms with van der Waals surface area (Å²) in [5.74, 6) is 0.857. The summed E-state index contributed by atoms with van der Waals surface area (Å²) in [6.07, 6.45) is 1.73. The first-order valence-corrected chi connectivity index (χ1v) is 7.04. The van der Waals surface area contributed by atoms with Crippen LogP contribution in [-0.4, -0.2) is 31.8 Å². The van der Waals surface area contributed by atoms with Crippen LogP contribution in [0.5, 0.6) is 5.75 Å². The molecule has 2 rings (SSSR count). The predicted molar refractivity (Wildman–Crippen MR) is 77.8 cm³/mol. The van der Waals surface area contributed by atoms with Gasteiger partial charge in [0.2, 0.25) is 5.91 Å². The first kappa shape index (κ1) is 14.8. The Bertz CT molecular complexity index is 433. The van der Waals surface area contributed by atoms with E-state index in [4.69, 9.17) is 15.2 Å². The van der Waals surface area contributed by atoms with Crippen LogP contribution < -0.4 is 15.8 Å². The van der Waals surface area contributed by atoms with E-state index in [1.807, 2.05) is 31.2 Å². The van der Waals surface area contributed by atoms with E-state index in [9.17, 15) is 4.79 Å². The second-order valence-electron chi connectivity index (χ2n) is 5.05. The molecule has 1 saturated heterocycles. The van der Waals surface area contributed by atoms with Crippen molar-refractivity contribution in [1.29, 1.82) is 0 Å². The topological polar surface area (TPSA) is 73.6 Å². The van der Waals surface area contributed by atoms with E-state index in [0.717, 1.165) is 24.3 Å². The molecule has 3 N–H and O–H groups in total. The van der Waals surface area contributed by atoms with Crippen molar-refractivity contribution < 1.29 is 14.3 Å². The Morgan fingerprint density at radius 3 is 2.85 bits per heavy atom. The fourth-order valence-electron chi connectivity index (χ4n) is 2.29. The van der Waals surface area contributed by atoms with Gasteiger partial charge < -0.3 is 20.5 Å². The highest BCUT2D eigenvalue weighted by molar-refractivity contribution is 5.92. The van der Waals surface area contributed by atoms with Crippen LogP contribution >= 0.6 is 0 Å². The number of amides is 1. The lowest BCUT2D eigenvalue weighted by Crippen LogP contribution is -2.32. The maximum Gasteiger partial charge on any atom is 0.227 e. The van der Waals surface area contributed by atoms with Crippen molar-refractivity contribution in [2.24, 2.45) is 11.7 Å². The lowest BCUT2D eigenvalue weighted by molar-refractivity contribution is -0.124. The van der Waals surface area contributed by atoms with E-state index in [1.165, 1.54) is 0 Å². The highest BCUT2D eigenvalue weighted by Gasteiger charge is 2.25. The van der Waals surface area contributed by atoms with E-state index >= 15 is 0 Å². The van der Waals surface area contributed by atoms with E-state index in [0.29, 0.717) is 19.8 Å². The SMILES string of the molecule is CC1CC(C(=O)Nc2ccc(OCCN)cc2)CCO1. The quantitative estimate of drug-likeness (QED) is 0.861. The van der Waals surface area contributed by atoms with Crippen LogP contribution in [0.3, 0.4) is 0 Å². The molecule has 2 atom stereocenters. The smallest absolute Gasteiger partial charge is 0.227 e. The van der Waals surface area contributed by atoms with Gasteiger partial charge >= 0.3 is 0 Å². The minimum absolute atomic E-state index is 0.0342. The van der Waals surface area contributed by atoms with Crippen molar-refractivity contribution in [1.82, 2.24) is 0 Å². The molecule has 1 aliphatic heterocycles. The second-order valence-corrected chi connectivity index (χ2v) is 5.05. The van der Waals surface area contributed by atoms with Gasteiger partial charge in [-0.15, -0.1) is 0 Å². The van der Waals surface area contributed by atoms with Gasteiger partial charge in [-0.05, 0) is 44.0 Å². The minimum atomic E-state index is 0.0342. The van der Waals surface area contributed by atoms with Crippen molar-refractivity contribution in [3.63, 3.8) is 0 Å². The van der Waals surface area contributed by atoms with Gasteiger partial charge in [-0.1, -0.05) is 0 Å². The Balaban J connectivity index is 1.87. The third-order valence-electron chi connectivity index (χ3n) is 3.36. The molecular formula is C15H22N2O3. The number of hydrogen-bond donors (Lipinski definition) is 2. The number of carbonyl (C=O) groups is 1. The first-order valence-electron chi connectivity index (χ1n) is 7.04. The summed E-state index contributed by atoms with van der Waals surface area (Å²) in [5.41, 5.74) is 6.16. The van der Waals surface area contributed by atoms with Gasteiger partial charge in [0.1, 0.15) is 12.4 Å². The largest absolute Gasteiger partial charge is 0.492 e. The zero-order chi connectivity index (χ0) is 14.4. The van der Waals surface area contributed by atoms with Gasteiger partial charge in [-0.2, -0.15) is 0 Å². The molecule has 2 unspecified atom stereocenters. The number of benzene rings is 1. The highest BCUT2D eigenvalue weighted by Crippen LogP contribution is 2.22. The average molecular weight is 278 g/mol. The summed E-state index contributed by atoms with van der Waals surface area (Å²) >= 11 is 0. The van der Waals surface area contributed by atoms with Crippen molar-refractivity contribution in [3.05, 3.63) is 24.3 Å². The Labute approximate surface area is 119 Å². The molecule has 0 radical (unpaired) electrons. The van der Waals surface area contributed by atoms with E-state index < -0.39 is 0 Å². The third kappa shape index (κ3) is 4.21. The average Bonchev–Trinajstić information content (AvgIpc) is 2.46. The van der Waals surface area contributed by atoms with E-state index in [2.05, 4.69) is 5.32 Å². The lowest BCUT2D eigenvalue weighted by atomic mass is 9.95. The summed E-state index contributed by atoms with van der Waals surface area (Å²) < 4.78 is 10.8. The summed E-state index contributed by atoms with van der Waals surface area (Å²) in [6, 6.07) is 7.34. The number of hydrogen-bond acceptors (Lipinski definition) is 4. The van der Waals surface area contributed by atoms with Crippen LogP contribution in [0.25, 0.3) is 0 Å². The van der Waals surface area contributed by atoms with Gasteiger partial charge in [-0.3, -0.25) is 4.79 Å². The molecule has 1 heterocycles. The Kier molecular flexibility index (Phi) is 5.38. The van der Waals surface area contributed by atoms with E-state index in [-0.39, 0.29) is 17.9 Å². The van der Waals surface area contributed by atoms with Gasteiger partial charge in [0.15, 0.2) is 0 Å². The molecule has 0 aliphatic carbocycles. The van der Waals surface area contributed by atoms with Gasteiger partial charge in [0.25, 0.3) is 0 Å². The van der Waals surface area contributed by atoms with Crippen LogP contribution in [0, 0.1) is 5.92 Å². The van der Waals surface area contributed by atoms with Gasteiger partial charge in [-0.25, -0.2) is 0 Å². The van der Waals surface area contributed by atoms with Crippen LogP contribution in [0.15, 0.2) is 24.3 Å². The summed E-state index contributed by atoms with van der Waals surface area (Å²) in [6.45, 7) is 3.64. The predicted octanol–water partition coefficient (Wildman–Crippen LogP) is 1.78. The van der Waals surface area contributed by atoms with E-state index in [1.54, 1.807) is 0 Å². The first-order chi connectivity index (χ1) is 9.69. The maximum absolute atomic E-state index is 12.2. The zero-order valence-electron chi connectivity index (χ0n) is 11.8. The molecule has 1 aromatic rings. The molecule has 1 aromatic carbocycles. The van der Waals surface area contributed by atoms with Gasteiger partial charge in [0.05, 0.1) is 6.10 Å². The lowest BCUT2D eigenvalue weighted by Gasteiger charge is -2.26. The molecule has 5 nitrogen and oxygen atoms in total. The van der Waals surface area contributed by atoms with Crippen molar-refractivity contribution >= 4 is 11.6 Å². The van der Waals surface area contributed by atoms with Crippen molar-refractivity contribution in [2.75, 3.05) is 25.1 Å². The Morgan fingerprint density at radius 2 is 2.20 bits per heavy atom. The molecule has 0 bridgehead atoms. The molecule has 1 aliphatic rings. The Hall–Kier alpha value is -1.59. The summed E-state index contributed by atoms with van der Waals surface area (Å²) in [7, 11) is 0. The third-order valence-corrected chi connectivity index (χ3v) is 3.36. The molecular weight excluding hydrogens is 256 g/mol. The summed E-state index contributed by atoms with van der Waals surface area (Å²) in [4.78, 5) is 12.2. The number of nitrogens with one attached hydrogen (secondary N) is 1. The monoisotopic (exact) mass is 278 g/mol. The van der Waals surface area contributed by atoms with Crippen LogP contribution in [0.4, 0.5) is 5.69 Å². The Morgan fingerprint density at radius 1 is 1.45 bits per heavy atom. The fraction of sp³-hybridized carbons (Fsp3) is 0.533. The molecule has 0 spiro atoms. The van der Waals surface area contributed by atoms with Crippen molar-refractivity contribution in [3.8, 4) is 5.75 Å². The molecule has 1 amide bonds. The fourth-order valence-corrected chi connectivity index (χ4v) is 2.29. The normalized spacial score (nSPS) is 22.3. The second kappa shape index (κ2) is 7.26. The van der Waals surface area contributed by atoms with Gasteiger partial charge in [0, 0.05) is 24.8 Å². The van der Waals surface area contributed by atoms with Crippen LogP contribution in [-0.2, 0) is 9.53 Å². The minimum Gasteiger partial charge on any atom is -0.492 e. The summed E-state index contributed by atoms with van der Waals surface area (Å²) in [5, 5.41) is 2.94. The van der Waals surface area contributed by atoms with Crippen LogP contribution in [0.1, 0.15) is 19.8 Å². The number of rotatable bonds is 5. The number of ether oxygens (including phenoxy) is 2. The highest BCUT2D eigenvalue weighted by atomic mass is 16.5. The molecule has 5 heteroatoms. The maximum atomic E-state index is 12.2. The standard InChI is InChI=1S/C15H22N2O3/c1-11-10-12(6-8-19-11)15(18)17-13-2-4-14(5-3-13)20-9-7-16/h2-5,11-12H,6-10,16H2,1H3,(H,17,18).